The number of halogens is 1. The van der Waals surface area contributed by atoms with E-state index in [-0.39, 0.29) is 5.28 Å². The molecule has 1 heterocycles. The summed E-state index contributed by atoms with van der Waals surface area (Å²) in [6.45, 7) is 3.28. The zero-order valence-corrected chi connectivity index (χ0v) is 16.4. The lowest BCUT2D eigenvalue weighted by molar-refractivity contribution is 0.414. The van der Waals surface area contributed by atoms with E-state index < -0.39 is 0 Å². The summed E-state index contributed by atoms with van der Waals surface area (Å²) >= 11 is 6.10. The third-order valence-corrected chi connectivity index (χ3v) is 4.37. The molecule has 0 radical (unpaired) electrons. The van der Waals surface area contributed by atoms with E-state index in [9.17, 15) is 0 Å². The maximum Gasteiger partial charge on any atom is 0.224 e. The van der Waals surface area contributed by atoms with Crippen LogP contribution in [0.4, 0.5) is 5.82 Å². The molecule has 2 aromatic carbocycles. The summed E-state index contributed by atoms with van der Waals surface area (Å²) in [4.78, 5) is 10.8. The fourth-order valence-corrected chi connectivity index (χ4v) is 3.02. The second-order valence-electron chi connectivity index (χ2n) is 6.19. The number of aromatic nitrogens is 2. The fraction of sp³-hybridized carbons (Fsp3) is 0.238. The Labute approximate surface area is 164 Å². The van der Waals surface area contributed by atoms with Crippen molar-refractivity contribution in [2.45, 2.75) is 20.0 Å². The normalized spacial score (nSPS) is 10.5. The number of hydrogen-bond acceptors (Lipinski definition) is 5. The SMILES string of the molecule is COc1ccc(CN(Cc2ccc(OC)cc2)c2cc(C)nc(Cl)n2)cc1. The lowest BCUT2D eigenvalue weighted by Gasteiger charge is -2.24. The van der Waals surface area contributed by atoms with E-state index in [2.05, 4.69) is 39.1 Å². The van der Waals surface area contributed by atoms with Crippen LogP contribution in [-0.2, 0) is 13.1 Å². The Morgan fingerprint density at radius 2 is 1.30 bits per heavy atom. The molecule has 0 aliphatic carbocycles. The number of anilines is 1. The second-order valence-corrected chi connectivity index (χ2v) is 6.53. The summed E-state index contributed by atoms with van der Waals surface area (Å²) in [5.41, 5.74) is 3.13. The Hall–Kier alpha value is -2.79. The van der Waals surface area contributed by atoms with Gasteiger partial charge >= 0.3 is 0 Å². The van der Waals surface area contributed by atoms with Crippen molar-refractivity contribution in [2.24, 2.45) is 0 Å². The van der Waals surface area contributed by atoms with Gasteiger partial charge in [-0.1, -0.05) is 24.3 Å². The van der Waals surface area contributed by atoms with Crippen LogP contribution < -0.4 is 14.4 Å². The topological polar surface area (TPSA) is 47.5 Å². The average molecular weight is 384 g/mol. The van der Waals surface area contributed by atoms with E-state index in [1.165, 1.54) is 0 Å². The van der Waals surface area contributed by atoms with Crippen LogP contribution in [0.1, 0.15) is 16.8 Å². The van der Waals surface area contributed by atoms with Gasteiger partial charge < -0.3 is 14.4 Å². The first-order chi connectivity index (χ1) is 13.1. The average Bonchev–Trinajstić information content (AvgIpc) is 2.68. The molecule has 0 saturated carbocycles. The monoisotopic (exact) mass is 383 g/mol. The van der Waals surface area contributed by atoms with Crippen molar-refractivity contribution in [3.63, 3.8) is 0 Å². The molecule has 0 amide bonds. The quantitative estimate of drug-likeness (QED) is 0.555. The Kier molecular flexibility index (Phi) is 6.14. The zero-order valence-electron chi connectivity index (χ0n) is 15.6. The Morgan fingerprint density at radius 3 is 1.70 bits per heavy atom. The molecule has 5 nitrogen and oxygen atoms in total. The predicted octanol–water partition coefficient (Wildman–Crippen LogP) is 4.66. The number of methoxy groups -OCH3 is 2. The van der Waals surface area contributed by atoms with Crippen molar-refractivity contribution >= 4 is 17.4 Å². The summed E-state index contributed by atoms with van der Waals surface area (Å²) in [7, 11) is 3.33. The van der Waals surface area contributed by atoms with Gasteiger partial charge in [0.25, 0.3) is 0 Å². The van der Waals surface area contributed by atoms with Crippen molar-refractivity contribution in [3.8, 4) is 11.5 Å². The van der Waals surface area contributed by atoms with E-state index in [1.54, 1.807) is 14.2 Å². The van der Waals surface area contributed by atoms with Gasteiger partial charge in [0.2, 0.25) is 5.28 Å². The van der Waals surface area contributed by atoms with Gasteiger partial charge in [0.1, 0.15) is 17.3 Å². The molecule has 0 saturated heterocycles. The highest BCUT2D eigenvalue weighted by atomic mass is 35.5. The Bertz CT molecular complexity index is 813. The molecule has 0 fully saturated rings. The van der Waals surface area contributed by atoms with E-state index in [0.29, 0.717) is 13.1 Å². The van der Waals surface area contributed by atoms with Crippen LogP contribution >= 0.6 is 11.6 Å². The highest BCUT2D eigenvalue weighted by molar-refractivity contribution is 6.28. The molecule has 0 bridgehead atoms. The van der Waals surface area contributed by atoms with Gasteiger partial charge in [0, 0.05) is 24.8 Å². The molecule has 1 aromatic heterocycles. The van der Waals surface area contributed by atoms with Gasteiger partial charge in [-0.25, -0.2) is 9.97 Å². The van der Waals surface area contributed by atoms with Gasteiger partial charge in [0.15, 0.2) is 0 Å². The Morgan fingerprint density at radius 1 is 0.815 bits per heavy atom. The van der Waals surface area contributed by atoms with Crippen LogP contribution in [0.5, 0.6) is 11.5 Å². The van der Waals surface area contributed by atoms with Crippen LogP contribution in [0.3, 0.4) is 0 Å². The lowest BCUT2D eigenvalue weighted by Crippen LogP contribution is -2.23. The molecule has 0 unspecified atom stereocenters. The van der Waals surface area contributed by atoms with E-state index in [1.807, 2.05) is 37.3 Å². The summed E-state index contributed by atoms with van der Waals surface area (Å²) in [5, 5.41) is 0.250. The molecule has 0 atom stereocenters. The van der Waals surface area contributed by atoms with Crippen LogP contribution in [0, 0.1) is 6.92 Å². The number of aryl methyl sites for hydroxylation is 1. The molecule has 3 rings (SSSR count). The van der Waals surface area contributed by atoms with Crippen molar-refractivity contribution in [3.05, 3.63) is 76.7 Å². The minimum absolute atomic E-state index is 0.250. The third-order valence-electron chi connectivity index (χ3n) is 4.20. The molecule has 0 N–H and O–H groups in total. The number of nitrogens with zero attached hydrogens (tertiary/aromatic N) is 3. The highest BCUT2D eigenvalue weighted by Crippen LogP contribution is 2.22. The minimum Gasteiger partial charge on any atom is -0.497 e. The zero-order chi connectivity index (χ0) is 19.2. The maximum atomic E-state index is 6.10. The predicted molar refractivity (Wildman–Crippen MR) is 108 cm³/mol. The van der Waals surface area contributed by atoms with Crippen molar-refractivity contribution in [2.75, 3.05) is 19.1 Å². The molecule has 3 aromatic rings. The third kappa shape index (κ3) is 5.11. The van der Waals surface area contributed by atoms with Gasteiger partial charge in [-0.3, -0.25) is 0 Å². The largest absolute Gasteiger partial charge is 0.497 e. The van der Waals surface area contributed by atoms with E-state index in [0.717, 1.165) is 34.1 Å². The smallest absolute Gasteiger partial charge is 0.224 e. The summed E-state index contributed by atoms with van der Waals surface area (Å²) in [6, 6.07) is 18.0. The molecule has 6 heteroatoms. The molecule has 0 aliphatic heterocycles. The van der Waals surface area contributed by atoms with Crippen LogP contribution in [0.2, 0.25) is 5.28 Å². The summed E-state index contributed by atoms with van der Waals surface area (Å²) in [5.74, 6) is 2.46. The van der Waals surface area contributed by atoms with Crippen molar-refractivity contribution in [1.29, 1.82) is 0 Å². The number of benzene rings is 2. The number of rotatable bonds is 7. The Balaban J connectivity index is 1.88. The van der Waals surface area contributed by atoms with Gasteiger partial charge in [-0.15, -0.1) is 0 Å². The molecular weight excluding hydrogens is 362 g/mol. The van der Waals surface area contributed by atoms with Crippen LogP contribution in [-0.4, -0.2) is 24.2 Å². The van der Waals surface area contributed by atoms with Crippen molar-refractivity contribution < 1.29 is 9.47 Å². The lowest BCUT2D eigenvalue weighted by atomic mass is 10.1. The van der Waals surface area contributed by atoms with E-state index >= 15 is 0 Å². The van der Waals surface area contributed by atoms with Gasteiger partial charge in [0.05, 0.1) is 14.2 Å². The molecule has 0 spiro atoms. The van der Waals surface area contributed by atoms with Crippen molar-refractivity contribution in [1.82, 2.24) is 9.97 Å². The molecular formula is C21H22ClN3O2. The fourth-order valence-electron chi connectivity index (χ4n) is 2.80. The standard InChI is InChI=1S/C21H22ClN3O2/c1-15-12-20(24-21(22)23-15)25(13-16-4-8-18(26-2)9-5-16)14-17-6-10-19(27-3)11-7-17/h4-12H,13-14H2,1-3H3. The first-order valence-corrected chi connectivity index (χ1v) is 8.97. The number of hydrogen-bond donors (Lipinski definition) is 0. The first-order valence-electron chi connectivity index (χ1n) is 8.59. The van der Waals surface area contributed by atoms with Crippen LogP contribution in [0.15, 0.2) is 54.6 Å². The maximum absolute atomic E-state index is 6.10. The first kappa shape index (κ1) is 19.0. The summed E-state index contributed by atoms with van der Waals surface area (Å²) < 4.78 is 10.5. The van der Waals surface area contributed by atoms with Crippen LogP contribution in [0.25, 0.3) is 0 Å². The molecule has 140 valence electrons. The van der Waals surface area contributed by atoms with Gasteiger partial charge in [-0.2, -0.15) is 0 Å². The van der Waals surface area contributed by atoms with E-state index in [4.69, 9.17) is 21.1 Å². The molecule has 27 heavy (non-hydrogen) atoms. The number of ether oxygens (including phenoxy) is 2. The minimum atomic E-state index is 0.250. The summed E-state index contributed by atoms with van der Waals surface area (Å²) in [6.07, 6.45) is 0. The van der Waals surface area contributed by atoms with Gasteiger partial charge in [-0.05, 0) is 53.9 Å². The second kappa shape index (κ2) is 8.73. The molecule has 0 aliphatic rings. The highest BCUT2D eigenvalue weighted by Gasteiger charge is 2.12.